The van der Waals surface area contributed by atoms with Gasteiger partial charge in [-0.3, -0.25) is 14.4 Å². The number of hydrogen-bond acceptors (Lipinski definition) is 3. The van der Waals surface area contributed by atoms with Crippen molar-refractivity contribution < 1.29 is 23.9 Å². The van der Waals surface area contributed by atoms with Crippen LogP contribution in [0.4, 0.5) is 10.1 Å². The maximum absolute atomic E-state index is 13.6. The molecule has 4 rings (SSSR count). The predicted octanol–water partition coefficient (Wildman–Crippen LogP) is 3.18. The molecule has 1 aromatic heterocycles. The highest BCUT2D eigenvalue weighted by Crippen LogP contribution is 2.36. The van der Waals surface area contributed by atoms with Crippen LogP contribution in [0.25, 0.3) is 11.6 Å². The number of Topliss-reactive ketones (excluding diaryl/α,β-unsaturated/α-hetero) is 1. The SMILES string of the molecule is O=C(O)CCc1c(/C=C2\C(=O)Nc3ccc(F)cc32)[nH]c2c1C(=O)CCC2. The van der Waals surface area contributed by atoms with Crippen LogP contribution in [0.1, 0.15) is 52.1 Å². The Balaban J connectivity index is 1.84. The first-order valence-electron chi connectivity index (χ1n) is 8.75. The molecule has 0 atom stereocenters. The molecule has 0 saturated carbocycles. The number of aromatic nitrogens is 1. The second-order valence-electron chi connectivity index (χ2n) is 6.74. The molecule has 3 N–H and O–H groups in total. The summed E-state index contributed by atoms with van der Waals surface area (Å²) >= 11 is 0. The molecule has 1 aromatic carbocycles. The number of ketones is 1. The highest BCUT2D eigenvalue weighted by molar-refractivity contribution is 6.35. The Morgan fingerprint density at radius 1 is 1.26 bits per heavy atom. The number of hydrogen-bond donors (Lipinski definition) is 3. The first-order valence-corrected chi connectivity index (χ1v) is 8.75. The quantitative estimate of drug-likeness (QED) is 0.722. The van der Waals surface area contributed by atoms with E-state index in [1.807, 2.05) is 0 Å². The van der Waals surface area contributed by atoms with E-state index in [1.54, 1.807) is 6.08 Å². The standard InChI is InChI=1S/C20H17FN2O4/c21-10-4-6-14-12(8-10)13(20(27)23-14)9-16-11(5-7-18(25)26)19-15(22-16)2-1-3-17(19)24/h4,6,8-9,22H,1-3,5,7H2,(H,23,27)(H,25,26)/b13-9-. The van der Waals surface area contributed by atoms with E-state index in [9.17, 15) is 18.8 Å². The van der Waals surface area contributed by atoms with Gasteiger partial charge in [0, 0.05) is 41.0 Å². The maximum atomic E-state index is 13.6. The van der Waals surface area contributed by atoms with Gasteiger partial charge >= 0.3 is 5.97 Å². The number of aliphatic carboxylic acids is 1. The fraction of sp³-hybridized carbons (Fsp3) is 0.250. The number of amides is 1. The number of fused-ring (bicyclic) bond motifs is 2. The number of rotatable bonds is 4. The molecule has 0 radical (unpaired) electrons. The lowest BCUT2D eigenvalue weighted by Gasteiger charge is -2.11. The van der Waals surface area contributed by atoms with Crippen LogP contribution < -0.4 is 5.32 Å². The van der Waals surface area contributed by atoms with Crippen molar-refractivity contribution >= 4 is 35.0 Å². The molecule has 1 amide bonds. The molecule has 0 saturated heterocycles. The molecule has 7 heteroatoms. The van der Waals surface area contributed by atoms with Gasteiger partial charge in [0.2, 0.25) is 0 Å². The zero-order valence-corrected chi connectivity index (χ0v) is 14.4. The van der Waals surface area contributed by atoms with Gasteiger partial charge in [0.1, 0.15) is 5.82 Å². The molecule has 1 aliphatic heterocycles. The van der Waals surface area contributed by atoms with E-state index in [1.165, 1.54) is 18.2 Å². The molecular formula is C20H17FN2O4. The summed E-state index contributed by atoms with van der Waals surface area (Å²) in [6, 6.07) is 4.05. The second kappa shape index (κ2) is 6.50. The van der Waals surface area contributed by atoms with Gasteiger partial charge in [-0.25, -0.2) is 4.39 Å². The lowest BCUT2D eigenvalue weighted by atomic mass is 9.91. The van der Waals surface area contributed by atoms with Crippen LogP contribution in [0.2, 0.25) is 0 Å². The van der Waals surface area contributed by atoms with Gasteiger partial charge < -0.3 is 15.4 Å². The zero-order valence-electron chi connectivity index (χ0n) is 14.4. The largest absolute Gasteiger partial charge is 0.481 e. The van der Waals surface area contributed by atoms with Gasteiger partial charge in [0.15, 0.2) is 5.78 Å². The summed E-state index contributed by atoms with van der Waals surface area (Å²) in [7, 11) is 0. The Hall–Kier alpha value is -3.22. The average molecular weight is 368 g/mol. The zero-order chi connectivity index (χ0) is 19.1. The highest BCUT2D eigenvalue weighted by atomic mass is 19.1. The van der Waals surface area contributed by atoms with Crippen LogP contribution in [0.15, 0.2) is 18.2 Å². The first kappa shape index (κ1) is 17.2. The Labute approximate surface area is 154 Å². The number of H-pyrrole nitrogens is 1. The van der Waals surface area contributed by atoms with Crippen molar-refractivity contribution in [2.45, 2.75) is 32.1 Å². The summed E-state index contributed by atoms with van der Waals surface area (Å²) in [6.07, 6.45) is 3.50. The number of carbonyl (C=O) groups excluding carboxylic acids is 2. The van der Waals surface area contributed by atoms with Gasteiger partial charge in [-0.1, -0.05) is 0 Å². The summed E-state index contributed by atoms with van der Waals surface area (Å²) in [5.41, 5.74) is 3.73. The number of benzene rings is 1. The van der Waals surface area contributed by atoms with Gasteiger partial charge in [-0.2, -0.15) is 0 Å². The first-order chi connectivity index (χ1) is 12.9. The summed E-state index contributed by atoms with van der Waals surface area (Å²) in [4.78, 5) is 39.0. The van der Waals surface area contributed by atoms with Crippen LogP contribution in [-0.2, 0) is 22.4 Å². The Bertz CT molecular complexity index is 1020. The minimum Gasteiger partial charge on any atom is -0.481 e. The molecule has 2 aromatic rings. The number of aryl methyl sites for hydroxylation is 1. The highest BCUT2D eigenvalue weighted by Gasteiger charge is 2.28. The topological polar surface area (TPSA) is 99.3 Å². The molecule has 0 bridgehead atoms. The van der Waals surface area contributed by atoms with E-state index in [4.69, 9.17) is 5.11 Å². The number of aromatic amines is 1. The van der Waals surface area contributed by atoms with Crippen molar-refractivity contribution in [2.24, 2.45) is 0 Å². The van der Waals surface area contributed by atoms with Crippen molar-refractivity contribution in [3.8, 4) is 0 Å². The normalized spacial score (nSPS) is 17.0. The van der Waals surface area contributed by atoms with Crippen LogP contribution >= 0.6 is 0 Å². The Morgan fingerprint density at radius 3 is 2.85 bits per heavy atom. The summed E-state index contributed by atoms with van der Waals surface area (Å²) in [6.45, 7) is 0. The van der Waals surface area contributed by atoms with Crippen LogP contribution in [0.3, 0.4) is 0 Å². The van der Waals surface area contributed by atoms with Crippen LogP contribution in [0.5, 0.6) is 0 Å². The Kier molecular flexibility index (Phi) is 4.14. The third kappa shape index (κ3) is 3.05. The van der Waals surface area contributed by atoms with Crippen LogP contribution in [0, 0.1) is 5.82 Å². The molecule has 2 heterocycles. The number of carboxylic acid groups (broad SMARTS) is 1. The molecule has 0 unspecified atom stereocenters. The number of carbonyl (C=O) groups is 3. The van der Waals surface area contributed by atoms with Gasteiger partial charge in [-0.05, 0) is 49.1 Å². The molecule has 0 spiro atoms. The van der Waals surface area contributed by atoms with Crippen LogP contribution in [-0.4, -0.2) is 27.8 Å². The fourth-order valence-electron chi connectivity index (χ4n) is 3.75. The van der Waals surface area contributed by atoms with E-state index < -0.39 is 11.8 Å². The summed E-state index contributed by atoms with van der Waals surface area (Å²) in [5.74, 6) is -1.79. The molecule has 138 valence electrons. The van der Waals surface area contributed by atoms with Crippen molar-refractivity contribution in [1.29, 1.82) is 0 Å². The van der Waals surface area contributed by atoms with E-state index in [-0.39, 0.29) is 30.1 Å². The molecule has 1 aliphatic carbocycles. The third-order valence-corrected chi connectivity index (χ3v) is 4.97. The van der Waals surface area contributed by atoms with Gasteiger partial charge in [-0.15, -0.1) is 0 Å². The van der Waals surface area contributed by atoms with E-state index in [2.05, 4.69) is 10.3 Å². The number of nitrogens with one attached hydrogen (secondary N) is 2. The van der Waals surface area contributed by atoms with E-state index in [0.717, 1.165) is 12.1 Å². The summed E-state index contributed by atoms with van der Waals surface area (Å²) < 4.78 is 13.6. The smallest absolute Gasteiger partial charge is 0.303 e. The summed E-state index contributed by atoms with van der Waals surface area (Å²) in [5, 5.41) is 11.7. The second-order valence-corrected chi connectivity index (χ2v) is 6.74. The number of halogens is 1. The average Bonchev–Trinajstić information content (AvgIpc) is 3.12. The third-order valence-electron chi connectivity index (χ3n) is 4.97. The molecule has 2 aliphatic rings. The lowest BCUT2D eigenvalue weighted by Crippen LogP contribution is -2.11. The fourth-order valence-corrected chi connectivity index (χ4v) is 3.75. The molecular weight excluding hydrogens is 351 g/mol. The lowest BCUT2D eigenvalue weighted by molar-refractivity contribution is -0.137. The number of anilines is 1. The Morgan fingerprint density at radius 2 is 2.07 bits per heavy atom. The predicted molar refractivity (Wildman–Crippen MR) is 96.9 cm³/mol. The van der Waals surface area contributed by atoms with Crippen molar-refractivity contribution in [2.75, 3.05) is 5.32 Å². The molecule has 6 nitrogen and oxygen atoms in total. The van der Waals surface area contributed by atoms with E-state index >= 15 is 0 Å². The van der Waals surface area contributed by atoms with Gasteiger partial charge in [0.05, 0.1) is 5.57 Å². The maximum Gasteiger partial charge on any atom is 0.303 e. The molecule has 27 heavy (non-hydrogen) atoms. The van der Waals surface area contributed by atoms with Crippen molar-refractivity contribution in [3.05, 3.63) is 52.1 Å². The monoisotopic (exact) mass is 368 g/mol. The molecule has 0 fully saturated rings. The number of carboxylic acids is 1. The van der Waals surface area contributed by atoms with E-state index in [0.29, 0.717) is 40.9 Å². The minimum atomic E-state index is -0.960. The van der Waals surface area contributed by atoms with Crippen molar-refractivity contribution in [1.82, 2.24) is 4.98 Å². The minimum absolute atomic E-state index is 0.0140. The van der Waals surface area contributed by atoms with Gasteiger partial charge in [0.25, 0.3) is 5.91 Å². The van der Waals surface area contributed by atoms with Crippen molar-refractivity contribution in [3.63, 3.8) is 0 Å².